The summed E-state index contributed by atoms with van der Waals surface area (Å²) in [5.74, 6) is 1.38. The Kier molecular flexibility index (Phi) is 5.18. The quantitative estimate of drug-likeness (QED) is 0.720. The largest absolute Gasteiger partial charge is 0.497 e. The normalized spacial score (nSPS) is 14.2. The maximum absolute atomic E-state index is 12.5. The molecular formula is C17H21N5O2S. The average Bonchev–Trinajstić information content (AvgIpc) is 2.62. The Bertz CT molecular complexity index is 813. The van der Waals surface area contributed by atoms with Crippen LogP contribution in [0.5, 0.6) is 5.75 Å². The second kappa shape index (κ2) is 7.52. The first-order valence-corrected chi connectivity index (χ1v) is 8.59. The third-order valence-corrected chi connectivity index (χ3v) is 4.47. The molecule has 4 N–H and O–H groups in total. The van der Waals surface area contributed by atoms with Crippen molar-refractivity contribution in [2.24, 2.45) is 0 Å². The van der Waals surface area contributed by atoms with Crippen LogP contribution >= 0.6 is 12.2 Å². The van der Waals surface area contributed by atoms with E-state index in [1.165, 1.54) is 6.42 Å². The number of nitrogens with one attached hydrogen (secondary N) is 2. The summed E-state index contributed by atoms with van der Waals surface area (Å²) in [5.41, 5.74) is 6.62. The SMILES string of the molecule is COc1ccc(NC(=S)c2c(N)nc(N3CCCCC3)[nH]c2=O)cc1. The molecule has 0 saturated carbocycles. The molecule has 25 heavy (non-hydrogen) atoms. The Labute approximate surface area is 151 Å². The number of H-pyrrole nitrogens is 1. The minimum absolute atomic E-state index is 0.135. The molecule has 132 valence electrons. The van der Waals surface area contributed by atoms with Crippen molar-refractivity contribution in [2.75, 3.05) is 36.1 Å². The molecule has 2 aromatic rings. The predicted molar refractivity (Wildman–Crippen MR) is 104 cm³/mol. The number of hydrogen-bond donors (Lipinski definition) is 3. The standard InChI is InChI=1S/C17H21N5O2S/c1-24-12-7-5-11(6-8-12)19-16(25)13-14(18)20-17(21-15(13)23)22-9-3-2-4-10-22/h5-8H,2-4,9-10H2,1H3,(H,19,25)(H3,18,20,21,23). The number of benzene rings is 1. The number of rotatable bonds is 4. The van der Waals surface area contributed by atoms with E-state index >= 15 is 0 Å². The lowest BCUT2D eigenvalue weighted by molar-refractivity contribution is 0.415. The molecule has 0 radical (unpaired) electrons. The molecule has 0 spiro atoms. The van der Waals surface area contributed by atoms with Crippen molar-refractivity contribution in [1.82, 2.24) is 9.97 Å². The number of nitrogens with zero attached hydrogens (tertiary/aromatic N) is 2. The Morgan fingerprint density at radius 1 is 1.28 bits per heavy atom. The highest BCUT2D eigenvalue weighted by Crippen LogP contribution is 2.19. The second-order valence-corrected chi connectivity index (χ2v) is 6.29. The molecular weight excluding hydrogens is 338 g/mol. The number of aromatic nitrogens is 2. The number of anilines is 3. The van der Waals surface area contributed by atoms with E-state index < -0.39 is 0 Å². The van der Waals surface area contributed by atoms with Crippen molar-refractivity contribution in [2.45, 2.75) is 19.3 Å². The summed E-state index contributed by atoms with van der Waals surface area (Å²) in [6.07, 6.45) is 3.37. The summed E-state index contributed by atoms with van der Waals surface area (Å²) in [5, 5.41) is 3.01. The fourth-order valence-corrected chi connectivity index (χ4v) is 3.14. The van der Waals surface area contributed by atoms with Gasteiger partial charge in [0.05, 0.1) is 7.11 Å². The first kappa shape index (κ1) is 17.2. The van der Waals surface area contributed by atoms with E-state index in [2.05, 4.69) is 15.3 Å². The monoisotopic (exact) mass is 359 g/mol. The highest BCUT2D eigenvalue weighted by atomic mass is 32.1. The summed E-state index contributed by atoms with van der Waals surface area (Å²) >= 11 is 5.34. The number of nitrogens with two attached hydrogens (primary N) is 1. The van der Waals surface area contributed by atoms with Crippen LogP contribution in [0.2, 0.25) is 0 Å². The molecule has 1 aromatic carbocycles. The highest BCUT2D eigenvalue weighted by molar-refractivity contribution is 7.81. The van der Waals surface area contributed by atoms with Crippen molar-refractivity contribution in [1.29, 1.82) is 0 Å². The summed E-state index contributed by atoms with van der Waals surface area (Å²) in [7, 11) is 1.60. The van der Waals surface area contributed by atoms with Crippen molar-refractivity contribution in [3.63, 3.8) is 0 Å². The van der Waals surface area contributed by atoms with Crippen LogP contribution in [0.1, 0.15) is 24.8 Å². The van der Waals surface area contributed by atoms with Crippen LogP contribution in [0.25, 0.3) is 0 Å². The molecule has 0 aliphatic carbocycles. The summed E-state index contributed by atoms with van der Waals surface area (Å²) < 4.78 is 5.12. The lowest BCUT2D eigenvalue weighted by Gasteiger charge is -2.27. The van der Waals surface area contributed by atoms with Crippen molar-refractivity contribution in [3.05, 3.63) is 40.2 Å². The maximum atomic E-state index is 12.5. The van der Waals surface area contributed by atoms with Crippen LogP contribution in [0.4, 0.5) is 17.5 Å². The second-order valence-electron chi connectivity index (χ2n) is 5.88. The number of thiocarbonyl (C=S) groups is 1. The van der Waals surface area contributed by atoms with Gasteiger partial charge in [0.15, 0.2) is 0 Å². The van der Waals surface area contributed by atoms with Gasteiger partial charge in [0.1, 0.15) is 22.1 Å². The van der Waals surface area contributed by atoms with Gasteiger partial charge in [-0.25, -0.2) is 0 Å². The average molecular weight is 359 g/mol. The molecule has 1 aliphatic rings. The van der Waals surface area contributed by atoms with E-state index in [1.54, 1.807) is 19.2 Å². The van der Waals surface area contributed by atoms with Gasteiger partial charge in [0.25, 0.3) is 5.56 Å². The van der Waals surface area contributed by atoms with E-state index in [4.69, 9.17) is 22.7 Å². The molecule has 7 nitrogen and oxygen atoms in total. The van der Waals surface area contributed by atoms with Gasteiger partial charge in [-0.1, -0.05) is 12.2 Å². The Morgan fingerprint density at radius 3 is 2.56 bits per heavy atom. The van der Waals surface area contributed by atoms with Gasteiger partial charge in [-0.05, 0) is 43.5 Å². The highest BCUT2D eigenvalue weighted by Gasteiger charge is 2.18. The molecule has 0 amide bonds. The van der Waals surface area contributed by atoms with Gasteiger partial charge in [0, 0.05) is 18.8 Å². The minimum Gasteiger partial charge on any atom is -0.497 e. The first-order chi connectivity index (χ1) is 12.1. The van der Waals surface area contributed by atoms with Gasteiger partial charge in [-0.3, -0.25) is 9.78 Å². The number of nitrogen functional groups attached to an aromatic ring is 1. The fourth-order valence-electron chi connectivity index (χ4n) is 2.82. The van der Waals surface area contributed by atoms with E-state index in [1.807, 2.05) is 17.0 Å². The lowest BCUT2D eigenvalue weighted by atomic mass is 10.1. The number of hydrogen-bond acceptors (Lipinski definition) is 6. The molecule has 8 heteroatoms. The molecule has 1 aliphatic heterocycles. The zero-order chi connectivity index (χ0) is 17.8. The topological polar surface area (TPSA) is 96.3 Å². The van der Waals surface area contributed by atoms with Crippen molar-refractivity contribution >= 4 is 34.7 Å². The lowest BCUT2D eigenvalue weighted by Crippen LogP contribution is -2.34. The van der Waals surface area contributed by atoms with Crippen molar-refractivity contribution < 1.29 is 4.74 Å². The summed E-state index contributed by atoms with van der Waals surface area (Å²) in [6.45, 7) is 1.74. The van der Waals surface area contributed by atoms with Gasteiger partial charge in [0.2, 0.25) is 5.95 Å². The zero-order valence-electron chi connectivity index (χ0n) is 14.0. The Balaban J connectivity index is 1.81. The van der Waals surface area contributed by atoms with E-state index in [9.17, 15) is 4.79 Å². The summed E-state index contributed by atoms with van der Waals surface area (Å²) in [4.78, 5) is 21.9. The van der Waals surface area contributed by atoms with E-state index in [-0.39, 0.29) is 21.9 Å². The van der Waals surface area contributed by atoms with Crippen LogP contribution in [-0.2, 0) is 0 Å². The Morgan fingerprint density at radius 2 is 1.96 bits per heavy atom. The molecule has 1 aromatic heterocycles. The third-order valence-electron chi connectivity index (χ3n) is 4.17. The number of piperidine rings is 1. The van der Waals surface area contributed by atoms with Gasteiger partial charge in [-0.15, -0.1) is 0 Å². The van der Waals surface area contributed by atoms with Crippen LogP contribution in [-0.4, -0.2) is 35.2 Å². The molecule has 3 rings (SSSR count). The molecule has 0 atom stereocenters. The number of aromatic amines is 1. The smallest absolute Gasteiger partial charge is 0.264 e. The van der Waals surface area contributed by atoms with E-state index in [0.717, 1.165) is 37.4 Å². The molecule has 1 saturated heterocycles. The van der Waals surface area contributed by atoms with Gasteiger partial charge >= 0.3 is 0 Å². The van der Waals surface area contributed by atoms with Gasteiger partial charge in [-0.2, -0.15) is 4.98 Å². The van der Waals surface area contributed by atoms with Gasteiger partial charge < -0.3 is 20.7 Å². The number of methoxy groups -OCH3 is 1. The van der Waals surface area contributed by atoms with Crippen LogP contribution in [0.15, 0.2) is 29.1 Å². The van der Waals surface area contributed by atoms with Crippen LogP contribution < -0.4 is 26.2 Å². The molecule has 2 heterocycles. The van der Waals surface area contributed by atoms with E-state index in [0.29, 0.717) is 5.95 Å². The predicted octanol–water partition coefficient (Wildman–Crippen LogP) is 2.14. The van der Waals surface area contributed by atoms with Crippen molar-refractivity contribution in [3.8, 4) is 5.75 Å². The molecule has 0 bridgehead atoms. The molecule has 0 unspecified atom stereocenters. The zero-order valence-corrected chi connectivity index (χ0v) is 14.9. The number of ether oxygens (including phenoxy) is 1. The van der Waals surface area contributed by atoms with Crippen LogP contribution in [0.3, 0.4) is 0 Å². The summed E-state index contributed by atoms with van der Waals surface area (Å²) in [6, 6.07) is 7.22. The minimum atomic E-state index is -0.334. The van der Waals surface area contributed by atoms with Crippen LogP contribution in [0, 0.1) is 0 Å². The fraction of sp³-hybridized carbons (Fsp3) is 0.353. The Hall–Kier alpha value is -2.61. The maximum Gasteiger partial charge on any atom is 0.264 e. The molecule has 1 fully saturated rings. The first-order valence-electron chi connectivity index (χ1n) is 8.18. The third kappa shape index (κ3) is 3.90.